The molecule has 0 aromatic carbocycles. The number of rotatable bonds is 5. The van der Waals surface area contributed by atoms with E-state index >= 15 is 0 Å². The number of carbonyl (C=O) groups is 1. The van der Waals surface area contributed by atoms with Crippen LogP contribution in [0.5, 0.6) is 0 Å². The van der Waals surface area contributed by atoms with Gasteiger partial charge < -0.3 is 11.1 Å². The van der Waals surface area contributed by atoms with Crippen molar-refractivity contribution in [3.8, 4) is 0 Å². The first-order valence-electron chi connectivity index (χ1n) is 6.92. The summed E-state index contributed by atoms with van der Waals surface area (Å²) < 4.78 is 0. The van der Waals surface area contributed by atoms with E-state index in [-0.39, 0.29) is 10.9 Å². The second kappa shape index (κ2) is 6.50. The zero-order valence-electron chi connectivity index (χ0n) is 11.8. The Morgan fingerprint density at radius 1 is 1.44 bits per heavy atom. The minimum absolute atomic E-state index is 0.0566. The third-order valence-corrected chi connectivity index (χ3v) is 4.58. The van der Waals surface area contributed by atoms with E-state index in [2.05, 4.69) is 12.2 Å². The smallest absolute Gasteiger partial charge is 0.232 e. The molecule has 2 unspecified atom stereocenters. The van der Waals surface area contributed by atoms with Crippen LogP contribution < -0.4 is 11.1 Å². The number of nitrogens with one attached hydrogen (secondary N) is 1. The molecule has 3 N–H and O–H groups in total. The van der Waals surface area contributed by atoms with Crippen LogP contribution in [-0.2, 0) is 4.79 Å². The molecule has 0 heterocycles. The van der Waals surface area contributed by atoms with Gasteiger partial charge in [-0.1, -0.05) is 38.4 Å². The van der Waals surface area contributed by atoms with Crippen LogP contribution >= 0.6 is 12.2 Å². The van der Waals surface area contributed by atoms with Crippen LogP contribution in [-0.4, -0.2) is 17.4 Å². The molecule has 3 nitrogen and oxygen atoms in total. The fourth-order valence-corrected chi connectivity index (χ4v) is 2.64. The third kappa shape index (κ3) is 4.23. The van der Waals surface area contributed by atoms with Crippen molar-refractivity contribution in [2.24, 2.45) is 23.0 Å². The quantitative estimate of drug-likeness (QED) is 0.755. The monoisotopic (exact) mass is 270 g/mol. The minimum atomic E-state index is -0.741. The van der Waals surface area contributed by atoms with Crippen LogP contribution in [0.25, 0.3) is 0 Å². The second-order valence-electron chi connectivity index (χ2n) is 6.17. The molecule has 1 amide bonds. The maximum atomic E-state index is 11.9. The van der Waals surface area contributed by atoms with Crippen molar-refractivity contribution in [2.75, 3.05) is 6.54 Å². The van der Waals surface area contributed by atoms with Crippen molar-refractivity contribution < 1.29 is 4.79 Å². The Bertz CT molecular complexity index is 315. The number of hydrogen-bond acceptors (Lipinski definition) is 2. The van der Waals surface area contributed by atoms with Crippen LogP contribution in [0.4, 0.5) is 0 Å². The van der Waals surface area contributed by atoms with Crippen LogP contribution in [0.1, 0.15) is 52.9 Å². The zero-order chi connectivity index (χ0) is 13.8. The summed E-state index contributed by atoms with van der Waals surface area (Å²) in [7, 11) is 0. The maximum Gasteiger partial charge on any atom is 0.232 e. The first-order valence-corrected chi connectivity index (χ1v) is 7.33. The molecule has 2 atom stereocenters. The van der Waals surface area contributed by atoms with Crippen molar-refractivity contribution >= 4 is 23.1 Å². The summed E-state index contributed by atoms with van der Waals surface area (Å²) in [6, 6.07) is 0. The summed E-state index contributed by atoms with van der Waals surface area (Å²) in [6.07, 6.45) is 6.37. The SMILES string of the molecule is CC1CCCC(CCNC(=O)C(C)(C)C(N)=S)C1. The molecule has 0 bridgehead atoms. The van der Waals surface area contributed by atoms with E-state index in [1.54, 1.807) is 13.8 Å². The zero-order valence-corrected chi connectivity index (χ0v) is 12.6. The van der Waals surface area contributed by atoms with Crippen LogP contribution in [0.15, 0.2) is 0 Å². The molecule has 0 radical (unpaired) electrons. The van der Waals surface area contributed by atoms with E-state index in [0.29, 0.717) is 0 Å². The number of hydrogen-bond donors (Lipinski definition) is 2. The molecular formula is C14H26N2OS. The summed E-state index contributed by atoms with van der Waals surface area (Å²) in [5.74, 6) is 1.55. The number of thiocarbonyl (C=S) groups is 1. The predicted molar refractivity (Wildman–Crippen MR) is 79.3 cm³/mol. The Labute approximate surface area is 116 Å². The van der Waals surface area contributed by atoms with Gasteiger partial charge in [0.1, 0.15) is 0 Å². The highest BCUT2D eigenvalue weighted by Crippen LogP contribution is 2.30. The van der Waals surface area contributed by atoms with E-state index in [4.69, 9.17) is 18.0 Å². The lowest BCUT2D eigenvalue weighted by atomic mass is 9.81. The molecule has 1 aliphatic carbocycles. The molecule has 1 fully saturated rings. The van der Waals surface area contributed by atoms with E-state index in [0.717, 1.165) is 24.8 Å². The molecule has 1 rings (SSSR count). The summed E-state index contributed by atoms with van der Waals surface area (Å²) in [5, 5.41) is 2.96. The van der Waals surface area contributed by atoms with Crippen LogP contribution in [0, 0.1) is 17.3 Å². The van der Waals surface area contributed by atoms with Crippen molar-refractivity contribution in [1.82, 2.24) is 5.32 Å². The highest BCUT2D eigenvalue weighted by atomic mass is 32.1. The lowest BCUT2D eigenvalue weighted by Crippen LogP contribution is -2.45. The van der Waals surface area contributed by atoms with Gasteiger partial charge in [0.2, 0.25) is 5.91 Å². The van der Waals surface area contributed by atoms with E-state index < -0.39 is 5.41 Å². The van der Waals surface area contributed by atoms with E-state index in [9.17, 15) is 4.79 Å². The van der Waals surface area contributed by atoms with Gasteiger partial charge in [-0.15, -0.1) is 0 Å². The molecule has 4 heteroatoms. The predicted octanol–water partition coefficient (Wildman–Crippen LogP) is 2.63. The maximum absolute atomic E-state index is 11.9. The normalized spacial score (nSPS) is 24.6. The summed E-state index contributed by atoms with van der Waals surface area (Å²) in [4.78, 5) is 12.2. The Kier molecular flexibility index (Phi) is 5.57. The van der Waals surface area contributed by atoms with Gasteiger partial charge in [-0.25, -0.2) is 0 Å². The van der Waals surface area contributed by atoms with Gasteiger partial charge in [-0.2, -0.15) is 0 Å². The minimum Gasteiger partial charge on any atom is -0.392 e. The standard InChI is InChI=1S/C14H26N2OS/c1-10-5-4-6-11(9-10)7-8-16-13(17)14(2,3)12(15)18/h10-11H,4-9H2,1-3H3,(H2,15,18)(H,16,17). The summed E-state index contributed by atoms with van der Waals surface area (Å²) in [5.41, 5.74) is 4.83. The Morgan fingerprint density at radius 3 is 2.67 bits per heavy atom. The Balaban J connectivity index is 2.29. The van der Waals surface area contributed by atoms with Crippen molar-refractivity contribution in [3.05, 3.63) is 0 Å². The molecule has 0 aliphatic heterocycles. The average molecular weight is 270 g/mol. The van der Waals surface area contributed by atoms with Gasteiger partial charge in [-0.3, -0.25) is 4.79 Å². The molecule has 0 spiro atoms. The topological polar surface area (TPSA) is 55.1 Å². The number of carbonyl (C=O) groups excluding carboxylic acids is 1. The molecule has 0 saturated heterocycles. The fraction of sp³-hybridized carbons (Fsp3) is 0.857. The van der Waals surface area contributed by atoms with Crippen molar-refractivity contribution in [3.63, 3.8) is 0 Å². The lowest BCUT2D eigenvalue weighted by molar-refractivity contribution is -0.126. The van der Waals surface area contributed by atoms with Gasteiger partial charge in [0.25, 0.3) is 0 Å². The van der Waals surface area contributed by atoms with Gasteiger partial charge in [-0.05, 0) is 38.5 Å². The first-order chi connectivity index (χ1) is 8.34. The van der Waals surface area contributed by atoms with Gasteiger partial charge in [0.05, 0.1) is 10.4 Å². The molecule has 1 aliphatic rings. The summed E-state index contributed by atoms with van der Waals surface area (Å²) >= 11 is 4.92. The highest BCUT2D eigenvalue weighted by molar-refractivity contribution is 7.80. The number of amides is 1. The molecular weight excluding hydrogens is 244 g/mol. The van der Waals surface area contributed by atoms with Gasteiger partial charge in [0.15, 0.2) is 0 Å². The van der Waals surface area contributed by atoms with Crippen LogP contribution in [0.2, 0.25) is 0 Å². The molecule has 18 heavy (non-hydrogen) atoms. The third-order valence-electron chi connectivity index (χ3n) is 4.07. The van der Waals surface area contributed by atoms with Crippen LogP contribution in [0.3, 0.4) is 0 Å². The second-order valence-corrected chi connectivity index (χ2v) is 6.61. The molecule has 0 aromatic heterocycles. The van der Waals surface area contributed by atoms with Crippen molar-refractivity contribution in [1.29, 1.82) is 0 Å². The Morgan fingerprint density at radius 2 is 2.11 bits per heavy atom. The van der Waals surface area contributed by atoms with Crippen molar-refractivity contribution in [2.45, 2.75) is 52.9 Å². The first kappa shape index (κ1) is 15.4. The summed E-state index contributed by atoms with van der Waals surface area (Å²) in [6.45, 7) is 6.60. The Hall–Kier alpha value is -0.640. The van der Waals surface area contributed by atoms with Gasteiger partial charge >= 0.3 is 0 Å². The van der Waals surface area contributed by atoms with E-state index in [1.807, 2.05) is 0 Å². The largest absolute Gasteiger partial charge is 0.392 e. The fourth-order valence-electron chi connectivity index (χ4n) is 2.54. The highest BCUT2D eigenvalue weighted by Gasteiger charge is 2.30. The molecule has 0 aromatic rings. The molecule has 1 saturated carbocycles. The average Bonchev–Trinajstić information content (AvgIpc) is 2.28. The van der Waals surface area contributed by atoms with E-state index in [1.165, 1.54) is 25.7 Å². The lowest BCUT2D eigenvalue weighted by Gasteiger charge is -2.27. The number of nitrogens with two attached hydrogens (primary N) is 1. The molecule has 104 valence electrons. The van der Waals surface area contributed by atoms with Gasteiger partial charge in [0, 0.05) is 6.54 Å².